The Morgan fingerprint density at radius 3 is 2.35 bits per heavy atom. The molecule has 0 radical (unpaired) electrons. The van der Waals surface area contributed by atoms with Gasteiger partial charge in [0.15, 0.2) is 0 Å². The van der Waals surface area contributed by atoms with Crippen molar-refractivity contribution in [1.29, 1.82) is 0 Å². The van der Waals surface area contributed by atoms with Crippen molar-refractivity contribution in [2.45, 2.75) is 13.8 Å². The number of piperazine rings is 1. The summed E-state index contributed by atoms with van der Waals surface area (Å²) in [4.78, 5) is 4.91. The second-order valence-corrected chi connectivity index (χ2v) is 4.89. The smallest absolute Gasteiger partial charge is 0.0369 e. The standard InChI is InChI=1S/C14H23N3/c1-12-3-4-14(11-13(12)2)17-9-7-16(6-5-15)8-10-17/h3-4,11H,5-10,15H2,1-2H3. The third-order valence-electron chi connectivity index (χ3n) is 3.67. The molecule has 1 aliphatic rings. The van der Waals surface area contributed by atoms with Gasteiger partial charge < -0.3 is 10.6 Å². The Morgan fingerprint density at radius 1 is 1.06 bits per heavy atom. The van der Waals surface area contributed by atoms with E-state index in [-0.39, 0.29) is 0 Å². The maximum absolute atomic E-state index is 5.59. The first-order valence-corrected chi connectivity index (χ1v) is 6.45. The summed E-state index contributed by atoms with van der Waals surface area (Å²) in [7, 11) is 0. The molecule has 3 heteroatoms. The number of hydrogen-bond donors (Lipinski definition) is 1. The highest BCUT2D eigenvalue weighted by molar-refractivity contribution is 5.50. The van der Waals surface area contributed by atoms with Crippen LogP contribution in [0.4, 0.5) is 5.69 Å². The van der Waals surface area contributed by atoms with Gasteiger partial charge in [-0.25, -0.2) is 0 Å². The van der Waals surface area contributed by atoms with Gasteiger partial charge in [-0.15, -0.1) is 0 Å². The topological polar surface area (TPSA) is 32.5 Å². The van der Waals surface area contributed by atoms with Crippen LogP contribution in [0.1, 0.15) is 11.1 Å². The van der Waals surface area contributed by atoms with E-state index in [0.29, 0.717) is 0 Å². The number of rotatable bonds is 3. The van der Waals surface area contributed by atoms with E-state index in [1.165, 1.54) is 16.8 Å². The van der Waals surface area contributed by atoms with Crippen LogP contribution in [-0.4, -0.2) is 44.2 Å². The molecule has 1 heterocycles. The Hall–Kier alpha value is -1.06. The zero-order chi connectivity index (χ0) is 12.3. The van der Waals surface area contributed by atoms with Gasteiger partial charge in [-0.1, -0.05) is 6.07 Å². The molecule has 0 saturated carbocycles. The second-order valence-electron chi connectivity index (χ2n) is 4.89. The number of hydrogen-bond acceptors (Lipinski definition) is 3. The molecule has 17 heavy (non-hydrogen) atoms. The van der Waals surface area contributed by atoms with Gasteiger partial charge in [0.1, 0.15) is 0 Å². The van der Waals surface area contributed by atoms with E-state index in [4.69, 9.17) is 5.73 Å². The van der Waals surface area contributed by atoms with Gasteiger partial charge >= 0.3 is 0 Å². The van der Waals surface area contributed by atoms with Gasteiger partial charge in [-0.05, 0) is 37.1 Å². The largest absolute Gasteiger partial charge is 0.369 e. The minimum absolute atomic E-state index is 0.767. The van der Waals surface area contributed by atoms with E-state index in [1.54, 1.807) is 0 Å². The van der Waals surface area contributed by atoms with Gasteiger partial charge in [-0.3, -0.25) is 4.90 Å². The average molecular weight is 233 g/mol. The minimum atomic E-state index is 0.767. The molecule has 1 saturated heterocycles. The molecule has 0 spiro atoms. The minimum Gasteiger partial charge on any atom is -0.369 e. The third kappa shape index (κ3) is 2.99. The molecule has 0 aliphatic carbocycles. The summed E-state index contributed by atoms with van der Waals surface area (Å²) in [6.07, 6.45) is 0. The number of aryl methyl sites for hydroxylation is 2. The Labute approximate surface area is 104 Å². The van der Waals surface area contributed by atoms with Crippen LogP contribution in [0.2, 0.25) is 0 Å². The highest BCUT2D eigenvalue weighted by Gasteiger charge is 2.16. The predicted molar refractivity (Wildman–Crippen MR) is 73.6 cm³/mol. The molecule has 0 unspecified atom stereocenters. The first-order valence-electron chi connectivity index (χ1n) is 6.45. The summed E-state index contributed by atoms with van der Waals surface area (Å²) in [6, 6.07) is 6.76. The van der Waals surface area contributed by atoms with Crippen molar-refractivity contribution in [2.75, 3.05) is 44.2 Å². The zero-order valence-electron chi connectivity index (χ0n) is 10.9. The lowest BCUT2D eigenvalue weighted by atomic mass is 10.1. The van der Waals surface area contributed by atoms with Crippen molar-refractivity contribution in [2.24, 2.45) is 5.73 Å². The summed E-state index contributed by atoms with van der Waals surface area (Å²) in [5, 5.41) is 0. The Balaban J connectivity index is 1.98. The molecule has 0 aromatic heterocycles. The van der Waals surface area contributed by atoms with Crippen molar-refractivity contribution in [3.63, 3.8) is 0 Å². The highest BCUT2D eigenvalue weighted by Crippen LogP contribution is 2.20. The third-order valence-corrected chi connectivity index (χ3v) is 3.67. The van der Waals surface area contributed by atoms with Crippen molar-refractivity contribution >= 4 is 5.69 Å². The van der Waals surface area contributed by atoms with Crippen LogP contribution < -0.4 is 10.6 Å². The van der Waals surface area contributed by atoms with Crippen molar-refractivity contribution in [3.8, 4) is 0 Å². The molecule has 94 valence electrons. The number of benzene rings is 1. The molecule has 2 rings (SSSR count). The van der Waals surface area contributed by atoms with Crippen LogP contribution in [0, 0.1) is 13.8 Å². The van der Waals surface area contributed by atoms with Crippen LogP contribution in [0.15, 0.2) is 18.2 Å². The quantitative estimate of drug-likeness (QED) is 0.856. The Morgan fingerprint density at radius 2 is 1.76 bits per heavy atom. The summed E-state index contributed by atoms with van der Waals surface area (Å²) in [5.41, 5.74) is 9.70. The van der Waals surface area contributed by atoms with Crippen molar-refractivity contribution < 1.29 is 0 Å². The maximum atomic E-state index is 5.59. The molecule has 1 aromatic carbocycles. The van der Waals surface area contributed by atoms with E-state index >= 15 is 0 Å². The normalized spacial score (nSPS) is 17.5. The summed E-state index contributed by atoms with van der Waals surface area (Å²) < 4.78 is 0. The first-order chi connectivity index (χ1) is 8.20. The molecule has 0 atom stereocenters. The lowest BCUT2D eigenvalue weighted by Gasteiger charge is -2.36. The lowest BCUT2D eigenvalue weighted by molar-refractivity contribution is 0.265. The van der Waals surface area contributed by atoms with Gasteiger partial charge in [0, 0.05) is 45.0 Å². The number of nitrogens with two attached hydrogens (primary N) is 1. The molecule has 1 fully saturated rings. The van der Waals surface area contributed by atoms with Crippen LogP contribution in [0.5, 0.6) is 0 Å². The average Bonchev–Trinajstić information content (AvgIpc) is 2.34. The fourth-order valence-corrected chi connectivity index (χ4v) is 2.33. The maximum Gasteiger partial charge on any atom is 0.0369 e. The van der Waals surface area contributed by atoms with E-state index in [1.807, 2.05) is 0 Å². The van der Waals surface area contributed by atoms with E-state index in [9.17, 15) is 0 Å². The van der Waals surface area contributed by atoms with E-state index in [2.05, 4.69) is 41.8 Å². The van der Waals surface area contributed by atoms with Crippen molar-refractivity contribution in [3.05, 3.63) is 29.3 Å². The van der Waals surface area contributed by atoms with Gasteiger partial charge in [0.25, 0.3) is 0 Å². The molecule has 1 aliphatic heterocycles. The fourth-order valence-electron chi connectivity index (χ4n) is 2.33. The number of anilines is 1. The van der Waals surface area contributed by atoms with Gasteiger partial charge in [-0.2, -0.15) is 0 Å². The van der Waals surface area contributed by atoms with Gasteiger partial charge in [0.05, 0.1) is 0 Å². The first kappa shape index (κ1) is 12.4. The number of nitrogens with zero attached hydrogens (tertiary/aromatic N) is 2. The van der Waals surface area contributed by atoms with E-state index in [0.717, 1.165) is 39.3 Å². The van der Waals surface area contributed by atoms with Crippen LogP contribution in [-0.2, 0) is 0 Å². The Kier molecular flexibility index (Phi) is 4.02. The van der Waals surface area contributed by atoms with Crippen LogP contribution in [0.3, 0.4) is 0 Å². The van der Waals surface area contributed by atoms with E-state index < -0.39 is 0 Å². The van der Waals surface area contributed by atoms with Crippen LogP contribution in [0.25, 0.3) is 0 Å². The molecule has 2 N–H and O–H groups in total. The van der Waals surface area contributed by atoms with Gasteiger partial charge in [0.2, 0.25) is 0 Å². The summed E-state index contributed by atoms with van der Waals surface area (Å²) in [5.74, 6) is 0. The Bertz CT molecular complexity index is 368. The molecule has 0 bridgehead atoms. The van der Waals surface area contributed by atoms with Crippen LogP contribution >= 0.6 is 0 Å². The summed E-state index contributed by atoms with van der Waals surface area (Å²) >= 11 is 0. The second kappa shape index (κ2) is 5.52. The molecular formula is C14H23N3. The molecule has 0 amide bonds. The molecule has 1 aromatic rings. The molecular weight excluding hydrogens is 210 g/mol. The predicted octanol–water partition coefficient (Wildman–Crippen LogP) is 1.38. The monoisotopic (exact) mass is 233 g/mol. The lowest BCUT2D eigenvalue weighted by Crippen LogP contribution is -2.47. The fraction of sp³-hybridized carbons (Fsp3) is 0.571. The highest BCUT2D eigenvalue weighted by atomic mass is 15.3. The van der Waals surface area contributed by atoms with Crippen molar-refractivity contribution in [1.82, 2.24) is 4.90 Å². The summed E-state index contributed by atoms with van der Waals surface area (Å²) in [6.45, 7) is 10.6. The zero-order valence-corrected chi connectivity index (χ0v) is 10.9. The molecule has 3 nitrogen and oxygen atoms in total. The SMILES string of the molecule is Cc1ccc(N2CCN(CCN)CC2)cc1C.